The summed E-state index contributed by atoms with van der Waals surface area (Å²) in [5.74, 6) is -0.310. The first-order chi connectivity index (χ1) is 17.9. The molecular weight excluding hydrogens is 539 g/mol. The second kappa shape index (κ2) is 12.5. The number of rotatable bonds is 10. The van der Waals surface area contributed by atoms with E-state index in [1.165, 1.54) is 30.6 Å². The Bertz CT molecular complexity index is 1320. The number of alkyl halides is 3. The van der Waals surface area contributed by atoms with Crippen LogP contribution in [0.1, 0.15) is 51.5 Å². The van der Waals surface area contributed by atoms with Crippen molar-refractivity contribution in [1.29, 1.82) is 0 Å². The summed E-state index contributed by atoms with van der Waals surface area (Å²) in [7, 11) is 1.27. The van der Waals surface area contributed by atoms with Crippen LogP contribution in [0.3, 0.4) is 0 Å². The summed E-state index contributed by atoms with van der Waals surface area (Å²) in [4.78, 5) is 24.9. The zero-order valence-corrected chi connectivity index (χ0v) is 22.7. The summed E-state index contributed by atoms with van der Waals surface area (Å²) >= 11 is 7.53. The summed E-state index contributed by atoms with van der Waals surface area (Å²) in [5.41, 5.74) is 2.32. The number of esters is 1. The van der Waals surface area contributed by atoms with Gasteiger partial charge in [0.15, 0.2) is 6.10 Å². The third-order valence-corrected chi connectivity index (χ3v) is 7.40. The molecule has 0 radical (unpaired) electrons. The molecule has 0 bridgehead atoms. The second-order valence-corrected chi connectivity index (χ2v) is 9.96. The van der Waals surface area contributed by atoms with E-state index in [-0.39, 0.29) is 22.9 Å². The highest BCUT2D eigenvalue weighted by Crippen LogP contribution is 2.39. The van der Waals surface area contributed by atoms with Crippen molar-refractivity contribution in [1.82, 2.24) is 5.32 Å². The fraction of sp³-hybridized carbons (Fsp3) is 0.286. The van der Waals surface area contributed by atoms with Gasteiger partial charge in [0.1, 0.15) is 10.6 Å². The average Bonchev–Trinajstić information content (AvgIpc) is 3.27. The van der Waals surface area contributed by atoms with Crippen molar-refractivity contribution in [2.45, 2.75) is 39.0 Å². The molecular formula is C28H27ClF3NO4S. The lowest BCUT2D eigenvalue weighted by molar-refractivity contribution is -0.140. The van der Waals surface area contributed by atoms with Crippen molar-refractivity contribution >= 4 is 34.8 Å². The minimum Gasteiger partial charge on any atom is -0.480 e. The minimum absolute atomic E-state index is 0.0400. The van der Waals surface area contributed by atoms with Crippen LogP contribution in [-0.2, 0) is 15.7 Å². The van der Waals surface area contributed by atoms with Crippen LogP contribution in [0, 0.1) is 6.92 Å². The lowest BCUT2D eigenvalue weighted by Gasteiger charge is -2.20. The van der Waals surface area contributed by atoms with E-state index in [1.807, 2.05) is 13.8 Å². The molecule has 1 aromatic heterocycles. The summed E-state index contributed by atoms with van der Waals surface area (Å²) in [6.07, 6.45) is -4.31. The zero-order chi connectivity index (χ0) is 28.0. The first kappa shape index (κ1) is 29.3. The maximum Gasteiger partial charge on any atom is 0.416 e. The third kappa shape index (κ3) is 7.17. The number of thiophene rings is 1. The van der Waals surface area contributed by atoms with Gasteiger partial charge in [0.25, 0.3) is 5.91 Å². The van der Waals surface area contributed by atoms with Crippen LogP contribution in [0.15, 0.2) is 60.7 Å². The van der Waals surface area contributed by atoms with Crippen LogP contribution in [0.4, 0.5) is 13.2 Å². The largest absolute Gasteiger partial charge is 0.480 e. The quantitative estimate of drug-likeness (QED) is 0.201. The first-order valence-electron chi connectivity index (χ1n) is 11.7. The van der Waals surface area contributed by atoms with E-state index in [0.29, 0.717) is 22.6 Å². The van der Waals surface area contributed by atoms with Crippen molar-refractivity contribution < 1.29 is 32.2 Å². The van der Waals surface area contributed by atoms with E-state index in [9.17, 15) is 22.8 Å². The molecule has 0 saturated carbocycles. The minimum atomic E-state index is -4.39. The Hall–Kier alpha value is -3.30. The number of halogens is 4. The third-order valence-electron chi connectivity index (χ3n) is 5.81. The Balaban J connectivity index is 1.80. The van der Waals surface area contributed by atoms with Gasteiger partial charge in [-0.2, -0.15) is 13.2 Å². The molecule has 1 unspecified atom stereocenters. The summed E-state index contributed by atoms with van der Waals surface area (Å²) < 4.78 is 49.6. The Kier molecular flexibility index (Phi) is 9.62. The number of ether oxygens (including phenoxy) is 2. The molecule has 10 heteroatoms. The maximum atomic E-state index is 12.9. The number of methoxy groups -OCH3 is 1. The maximum absolute atomic E-state index is 12.9. The molecule has 2 aromatic carbocycles. The number of hydrogen-bond donors (Lipinski definition) is 1. The Morgan fingerprint density at radius 2 is 1.82 bits per heavy atom. The monoisotopic (exact) mass is 565 g/mol. The molecule has 0 spiro atoms. The van der Waals surface area contributed by atoms with E-state index < -0.39 is 29.7 Å². The van der Waals surface area contributed by atoms with Crippen LogP contribution in [0.2, 0.25) is 5.02 Å². The van der Waals surface area contributed by atoms with Gasteiger partial charge in [-0.05, 0) is 65.9 Å². The summed E-state index contributed by atoms with van der Waals surface area (Å²) in [5, 5.41) is 2.91. The Morgan fingerprint density at radius 3 is 2.39 bits per heavy atom. The number of amides is 1. The van der Waals surface area contributed by atoms with Crippen LogP contribution < -0.4 is 10.1 Å². The molecule has 0 aliphatic heterocycles. The van der Waals surface area contributed by atoms with Crippen molar-refractivity contribution in [2.24, 2.45) is 0 Å². The van der Waals surface area contributed by atoms with Gasteiger partial charge in [-0.15, -0.1) is 11.3 Å². The van der Waals surface area contributed by atoms with Crippen molar-refractivity contribution in [3.8, 4) is 16.9 Å². The number of benzene rings is 2. The van der Waals surface area contributed by atoms with E-state index in [2.05, 4.69) is 16.6 Å². The molecule has 3 aromatic rings. The highest BCUT2D eigenvalue weighted by molar-refractivity contribution is 7.14. The molecule has 3 rings (SSSR count). The first-order valence-corrected chi connectivity index (χ1v) is 12.9. The molecule has 5 nitrogen and oxygen atoms in total. The van der Waals surface area contributed by atoms with Crippen LogP contribution in [0.25, 0.3) is 11.1 Å². The lowest BCUT2D eigenvalue weighted by atomic mass is 9.99. The normalized spacial score (nSPS) is 12.1. The fourth-order valence-corrected chi connectivity index (χ4v) is 5.11. The van der Waals surface area contributed by atoms with Gasteiger partial charge in [-0.3, -0.25) is 9.59 Å². The Morgan fingerprint density at radius 1 is 1.13 bits per heavy atom. The van der Waals surface area contributed by atoms with Gasteiger partial charge in [-0.1, -0.05) is 43.3 Å². The number of aryl methyl sites for hydroxylation is 1. The molecule has 0 saturated heterocycles. The van der Waals surface area contributed by atoms with E-state index in [1.54, 1.807) is 24.3 Å². The smallest absolute Gasteiger partial charge is 0.416 e. The van der Waals surface area contributed by atoms with Crippen LogP contribution in [-0.4, -0.2) is 25.5 Å². The van der Waals surface area contributed by atoms with Crippen LogP contribution >= 0.6 is 22.9 Å². The molecule has 202 valence electrons. The predicted molar refractivity (Wildman–Crippen MR) is 143 cm³/mol. The van der Waals surface area contributed by atoms with E-state index in [0.717, 1.165) is 28.8 Å². The molecule has 0 aliphatic carbocycles. The second-order valence-electron chi connectivity index (χ2n) is 8.47. The molecule has 1 atom stereocenters. The fourth-order valence-electron chi connectivity index (χ4n) is 3.67. The van der Waals surface area contributed by atoms with E-state index >= 15 is 0 Å². The number of carbonyl (C=O) groups excluding carboxylic acids is 2. The van der Waals surface area contributed by atoms with Crippen LogP contribution in [0.5, 0.6) is 5.75 Å². The SMILES string of the molecule is C=C(CC)C(Oc1ccc(-c2ccc(C(F)(F)F)cc2)c(C)c1)c1cc(Cl)c(C(=O)NCCC(=O)OC)s1. The van der Waals surface area contributed by atoms with E-state index in [4.69, 9.17) is 16.3 Å². The summed E-state index contributed by atoms with van der Waals surface area (Å²) in [6.45, 7) is 8.02. The number of hydrogen-bond acceptors (Lipinski definition) is 5. The number of carbonyl (C=O) groups is 2. The van der Waals surface area contributed by atoms with Gasteiger partial charge in [0, 0.05) is 6.54 Å². The molecule has 1 amide bonds. The van der Waals surface area contributed by atoms with Crippen molar-refractivity contribution in [3.05, 3.63) is 86.6 Å². The van der Waals surface area contributed by atoms with Gasteiger partial charge < -0.3 is 14.8 Å². The average molecular weight is 566 g/mol. The van der Waals surface area contributed by atoms with Crippen molar-refractivity contribution in [3.63, 3.8) is 0 Å². The topological polar surface area (TPSA) is 64.6 Å². The molecule has 0 fully saturated rings. The van der Waals surface area contributed by atoms with Gasteiger partial charge in [-0.25, -0.2) is 0 Å². The molecule has 38 heavy (non-hydrogen) atoms. The van der Waals surface area contributed by atoms with Gasteiger partial charge in [0.2, 0.25) is 0 Å². The molecule has 1 N–H and O–H groups in total. The Labute approximate surface area is 228 Å². The zero-order valence-electron chi connectivity index (χ0n) is 21.1. The predicted octanol–water partition coefficient (Wildman–Crippen LogP) is 7.77. The highest BCUT2D eigenvalue weighted by Gasteiger charge is 2.30. The van der Waals surface area contributed by atoms with Gasteiger partial charge >= 0.3 is 12.1 Å². The summed E-state index contributed by atoms with van der Waals surface area (Å²) in [6, 6.07) is 12.0. The standard InChI is InChI=1S/C28H27ClF3NO4S/c1-5-16(2)25(23-15-22(29)26(38-23)27(35)33-13-12-24(34)36-4)37-20-10-11-21(17(3)14-20)18-6-8-19(9-7-18)28(30,31)32/h6-11,14-15,25H,2,5,12-13H2,1,3-4H3,(H,33,35). The molecule has 1 heterocycles. The highest BCUT2D eigenvalue weighted by atomic mass is 35.5. The lowest BCUT2D eigenvalue weighted by Crippen LogP contribution is -2.25. The van der Waals surface area contributed by atoms with Crippen molar-refractivity contribution in [2.75, 3.05) is 13.7 Å². The molecule has 0 aliphatic rings. The van der Waals surface area contributed by atoms with Gasteiger partial charge in [0.05, 0.1) is 29.0 Å². The number of nitrogens with one attached hydrogen (secondary N) is 1.